The second kappa shape index (κ2) is 4.21. The zero-order valence-corrected chi connectivity index (χ0v) is 9.51. The first kappa shape index (κ1) is 11.7. The molecule has 2 atom stereocenters. The largest absolute Gasteiger partial charge is 0.494 e. The molecule has 2 unspecified atom stereocenters. The summed E-state index contributed by atoms with van der Waals surface area (Å²) in [5.41, 5.74) is 5.53. The van der Waals surface area contributed by atoms with E-state index in [1.807, 2.05) is 6.92 Å². The van der Waals surface area contributed by atoms with Crippen LogP contribution in [0.3, 0.4) is 0 Å². The molecule has 1 saturated heterocycles. The highest BCUT2D eigenvalue weighted by atomic mass is 16.3. The number of likely N-dealkylation sites (tertiary alicyclic amines) is 1. The lowest BCUT2D eigenvalue weighted by Gasteiger charge is -2.15. The summed E-state index contributed by atoms with van der Waals surface area (Å²) in [4.78, 5) is 27.0. The van der Waals surface area contributed by atoms with Gasteiger partial charge < -0.3 is 15.7 Å². The molecule has 2 rings (SSSR count). The molecule has 92 valence electrons. The zero-order chi connectivity index (χ0) is 12.6. The van der Waals surface area contributed by atoms with Crippen molar-refractivity contribution in [3.8, 4) is 5.88 Å². The highest BCUT2D eigenvalue weighted by Gasteiger charge is 2.30. The van der Waals surface area contributed by atoms with Crippen molar-refractivity contribution in [3.05, 3.63) is 28.0 Å². The molecule has 1 aromatic heterocycles. The second-order valence-corrected chi connectivity index (χ2v) is 4.47. The fourth-order valence-corrected chi connectivity index (χ4v) is 1.99. The molecule has 0 spiro atoms. The van der Waals surface area contributed by atoms with Gasteiger partial charge in [-0.15, -0.1) is 0 Å². The van der Waals surface area contributed by atoms with Crippen LogP contribution in [0.1, 0.15) is 17.3 Å². The molecule has 0 aromatic carbocycles. The molecule has 0 aliphatic carbocycles. The number of amides is 1. The lowest BCUT2D eigenvalue weighted by molar-refractivity contribution is 0.0786. The van der Waals surface area contributed by atoms with Gasteiger partial charge in [0, 0.05) is 31.3 Å². The Bertz CT molecular complexity index is 487. The van der Waals surface area contributed by atoms with Crippen LogP contribution in [0.4, 0.5) is 0 Å². The van der Waals surface area contributed by atoms with Gasteiger partial charge in [0.05, 0.1) is 5.56 Å². The van der Waals surface area contributed by atoms with E-state index >= 15 is 0 Å². The SMILES string of the molecule is CC1CN(C(=O)c2cc(O)[nH]c(=O)c2)CC1N. The van der Waals surface area contributed by atoms with Crippen molar-refractivity contribution < 1.29 is 9.90 Å². The third kappa shape index (κ3) is 2.31. The Morgan fingerprint density at radius 3 is 2.76 bits per heavy atom. The van der Waals surface area contributed by atoms with E-state index < -0.39 is 5.56 Å². The van der Waals surface area contributed by atoms with E-state index in [1.165, 1.54) is 12.1 Å². The monoisotopic (exact) mass is 237 g/mol. The number of carbonyl (C=O) groups is 1. The molecule has 1 aliphatic heterocycles. The first-order valence-corrected chi connectivity index (χ1v) is 5.45. The summed E-state index contributed by atoms with van der Waals surface area (Å²) in [6, 6.07) is 2.39. The summed E-state index contributed by atoms with van der Waals surface area (Å²) in [5.74, 6) is -0.335. The van der Waals surface area contributed by atoms with Gasteiger partial charge in [-0.3, -0.25) is 14.6 Å². The number of H-pyrrole nitrogens is 1. The van der Waals surface area contributed by atoms with E-state index in [0.29, 0.717) is 13.1 Å². The van der Waals surface area contributed by atoms with Gasteiger partial charge in [0.15, 0.2) is 5.88 Å². The van der Waals surface area contributed by atoms with Crippen LogP contribution in [0, 0.1) is 5.92 Å². The molecule has 1 aliphatic rings. The highest BCUT2D eigenvalue weighted by molar-refractivity contribution is 5.94. The van der Waals surface area contributed by atoms with Gasteiger partial charge in [0.25, 0.3) is 11.5 Å². The maximum Gasteiger partial charge on any atom is 0.254 e. The summed E-state index contributed by atoms with van der Waals surface area (Å²) >= 11 is 0. The molecular weight excluding hydrogens is 222 g/mol. The smallest absolute Gasteiger partial charge is 0.254 e. The van der Waals surface area contributed by atoms with Gasteiger partial charge in [-0.2, -0.15) is 0 Å². The van der Waals surface area contributed by atoms with Gasteiger partial charge in [0.1, 0.15) is 0 Å². The van der Waals surface area contributed by atoms with E-state index in [0.717, 1.165) is 0 Å². The molecule has 6 heteroatoms. The van der Waals surface area contributed by atoms with Crippen LogP contribution in [-0.4, -0.2) is 40.0 Å². The van der Waals surface area contributed by atoms with Gasteiger partial charge in [-0.1, -0.05) is 6.92 Å². The predicted octanol–water partition coefficient (Wildman–Crippen LogP) is -0.500. The molecular formula is C11H15N3O3. The van der Waals surface area contributed by atoms with Crippen molar-refractivity contribution in [1.29, 1.82) is 0 Å². The maximum absolute atomic E-state index is 12.0. The number of aromatic nitrogens is 1. The minimum atomic E-state index is -0.495. The molecule has 0 radical (unpaired) electrons. The van der Waals surface area contributed by atoms with Crippen molar-refractivity contribution in [1.82, 2.24) is 9.88 Å². The van der Waals surface area contributed by atoms with Crippen LogP contribution in [0.2, 0.25) is 0 Å². The van der Waals surface area contributed by atoms with Crippen LogP contribution >= 0.6 is 0 Å². The average Bonchev–Trinajstić information content (AvgIpc) is 2.57. The summed E-state index contributed by atoms with van der Waals surface area (Å²) in [6.07, 6.45) is 0. The molecule has 0 saturated carbocycles. The van der Waals surface area contributed by atoms with Crippen molar-refractivity contribution in [3.63, 3.8) is 0 Å². The first-order valence-electron chi connectivity index (χ1n) is 5.45. The Morgan fingerprint density at radius 2 is 2.24 bits per heavy atom. The Hall–Kier alpha value is -1.82. The summed E-state index contributed by atoms with van der Waals surface area (Å²) < 4.78 is 0. The van der Waals surface area contributed by atoms with Crippen molar-refractivity contribution >= 4 is 5.91 Å². The standard InChI is InChI=1S/C11H15N3O3/c1-6-4-14(5-8(6)12)11(17)7-2-9(15)13-10(16)3-7/h2-3,6,8H,4-5,12H2,1H3,(H2,13,15,16). The highest BCUT2D eigenvalue weighted by Crippen LogP contribution is 2.17. The fraction of sp³-hybridized carbons (Fsp3) is 0.455. The lowest BCUT2D eigenvalue weighted by atomic mass is 10.1. The number of pyridine rings is 1. The Labute approximate surface area is 98.1 Å². The molecule has 1 amide bonds. The van der Waals surface area contributed by atoms with Crippen molar-refractivity contribution in [2.75, 3.05) is 13.1 Å². The minimum Gasteiger partial charge on any atom is -0.494 e. The number of carbonyl (C=O) groups excluding carboxylic acids is 1. The molecule has 17 heavy (non-hydrogen) atoms. The Kier molecular flexibility index (Phi) is 2.89. The van der Waals surface area contributed by atoms with Crippen molar-refractivity contribution in [2.45, 2.75) is 13.0 Å². The minimum absolute atomic E-state index is 0.0328. The van der Waals surface area contributed by atoms with Crippen LogP contribution in [-0.2, 0) is 0 Å². The summed E-state index contributed by atoms with van der Waals surface area (Å²) in [7, 11) is 0. The quantitative estimate of drug-likeness (QED) is 0.613. The molecule has 2 heterocycles. The van der Waals surface area contributed by atoms with E-state index in [4.69, 9.17) is 5.73 Å². The Morgan fingerprint density at radius 1 is 1.53 bits per heavy atom. The normalized spacial score (nSPS) is 24.0. The van der Waals surface area contributed by atoms with Gasteiger partial charge >= 0.3 is 0 Å². The molecule has 1 fully saturated rings. The number of hydrogen-bond acceptors (Lipinski definition) is 4. The lowest BCUT2D eigenvalue weighted by Crippen LogP contribution is -2.32. The number of rotatable bonds is 1. The van der Waals surface area contributed by atoms with Gasteiger partial charge in [0.2, 0.25) is 0 Å². The number of hydrogen-bond donors (Lipinski definition) is 3. The predicted molar refractivity (Wildman–Crippen MR) is 61.8 cm³/mol. The van der Waals surface area contributed by atoms with E-state index in [1.54, 1.807) is 4.90 Å². The maximum atomic E-state index is 12.0. The number of nitrogens with one attached hydrogen (secondary N) is 1. The van der Waals surface area contributed by atoms with Gasteiger partial charge in [-0.05, 0) is 5.92 Å². The topological polar surface area (TPSA) is 99.4 Å². The second-order valence-electron chi connectivity index (χ2n) is 4.47. The third-order valence-corrected chi connectivity index (χ3v) is 3.03. The summed E-state index contributed by atoms with van der Waals surface area (Å²) in [5, 5.41) is 9.24. The average molecular weight is 237 g/mol. The van der Waals surface area contributed by atoms with Gasteiger partial charge in [-0.25, -0.2) is 0 Å². The van der Waals surface area contributed by atoms with E-state index in [2.05, 4.69) is 4.98 Å². The Balaban J connectivity index is 2.23. The molecule has 6 nitrogen and oxygen atoms in total. The molecule has 4 N–H and O–H groups in total. The van der Waals surface area contributed by atoms with E-state index in [9.17, 15) is 14.7 Å². The molecule has 1 aromatic rings. The third-order valence-electron chi connectivity index (χ3n) is 3.03. The number of aromatic amines is 1. The summed E-state index contributed by atoms with van der Waals surface area (Å²) in [6.45, 7) is 3.04. The van der Waals surface area contributed by atoms with Crippen molar-refractivity contribution in [2.24, 2.45) is 11.7 Å². The fourth-order valence-electron chi connectivity index (χ4n) is 1.99. The number of nitrogens with zero attached hydrogens (tertiary/aromatic N) is 1. The first-order chi connectivity index (χ1) is 7.97. The van der Waals surface area contributed by atoms with Crippen LogP contribution < -0.4 is 11.3 Å². The number of aromatic hydroxyl groups is 1. The number of nitrogens with two attached hydrogens (primary N) is 1. The van der Waals surface area contributed by atoms with Crippen LogP contribution in [0.5, 0.6) is 5.88 Å². The van der Waals surface area contributed by atoms with E-state index in [-0.39, 0.29) is 29.3 Å². The van der Waals surface area contributed by atoms with Crippen LogP contribution in [0.25, 0.3) is 0 Å². The zero-order valence-electron chi connectivity index (χ0n) is 9.51. The van der Waals surface area contributed by atoms with Crippen LogP contribution in [0.15, 0.2) is 16.9 Å². The molecule has 0 bridgehead atoms.